The Balaban J connectivity index is 1.33. The zero-order valence-electron chi connectivity index (χ0n) is 18.2. The summed E-state index contributed by atoms with van der Waals surface area (Å²) < 4.78 is 13.9. The third-order valence-electron chi connectivity index (χ3n) is 4.79. The Labute approximate surface area is 194 Å². The van der Waals surface area contributed by atoms with Gasteiger partial charge in [-0.15, -0.1) is 10.2 Å². The predicted molar refractivity (Wildman–Crippen MR) is 127 cm³/mol. The smallest absolute Gasteiger partial charge is 0.236 e. The molecule has 0 aliphatic heterocycles. The lowest BCUT2D eigenvalue weighted by molar-refractivity contribution is -0.113. The maximum atomic E-state index is 12.4. The lowest BCUT2D eigenvalue weighted by Crippen LogP contribution is -2.14. The maximum Gasteiger partial charge on any atom is 0.236 e. The summed E-state index contributed by atoms with van der Waals surface area (Å²) in [5.41, 5.74) is 3.09. The van der Waals surface area contributed by atoms with Crippen molar-refractivity contribution in [2.24, 2.45) is 7.05 Å². The number of hydrogen-bond acceptors (Lipinski definition) is 8. The SMILES string of the molecule is COc1ccc2nc(NC(=O)CSc3nnc(COc4ccc(C)cc4C)n3C)sc2c1. The number of aryl methyl sites for hydroxylation is 2. The number of nitrogens with zero attached hydrogens (tertiary/aromatic N) is 4. The average molecular weight is 470 g/mol. The minimum Gasteiger partial charge on any atom is -0.497 e. The number of thiazole rings is 1. The number of carbonyl (C=O) groups is 1. The van der Waals surface area contributed by atoms with Gasteiger partial charge in [-0.25, -0.2) is 4.98 Å². The van der Waals surface area contributed by atoms with Gasteiger partial charge in [0.1, 0.15) is 18.1 Å². The number of thioether (sulfide) groups is 1. The van der Waals surface area contributed by atoms with Crippen LogP contribution < -0.4 is 14.8 Å². The van der Waals surface area contributed by atoms with Crippen molar-refractivity contribution in [2.45, 2.75) is 25.6 Å². The van der Waals surface area contributed by atoms with Crippen molar-refractivity contribution in [3.05, 3.63) is 53.3 Å². The molecule has 32 heavy (non-hydrogen) atoms. The molecule has 0 atom stereocenters. The van der Waals surface area contributed by atoms with Crippen LogP contribution in [0.2, 0.25) is 0 Å². The molecule has 4 aromatic rings. The topological polar surface area (TPSA) is 91.2 Å². The number of carbonyl (C=O) groups excluding carboxylic acids is 1. The monoisotopic (exact) mass is 469 g/mol. The highest BCUT2D eigenvalue weighted by Crippen LogP contribution is 2.29. The van der Waals surface area contributed by atoms with E-state index in [9.17, 15) is 4.79 Å². The first-order valence-electron chi connectivity index (χ1n) is 9.88. The molecular weight excluding hydrogens is 446 g/mol. The molecule has 0 radical (unpaired) electrons. The largest absolute Gasteiger partial charge is 0.497 e. The van der Waals surface area contributed by atoms with Crippen LogP contribution in [0.5, 0.6) is 11.5 Å². The lowest BCUT2D eigenvalue weighted by atomic mass is 10.1. The minimum absolute atomic E-state index is 0.155. The van der Waals surface area contributed by atoms with Crippen LogP contribution in [0.1, 0.15) is 17.0 Å². The second kappa shape index (κ2) is 9.58. The first-order valence-corrected chi connectivity index (χ1v) is 11.7. The summed E-state index contributed by atoms with van der Waals surface area (Å²) in [5.74, 6) is 2.31. The van der Waals surface area contributed by atoms with E-state index in [1.807, 2.05) is 55.8 Å². The molecule has 4 rings (SSSR count). The van der Waals surface area contributed by atoms with Crippen molar-refractivity contribution in [1.82, 2.24) is 19.7 Å². The van der Waals surface area contributed by atoms with E-state index in [4.69, 9.17) is 9.47 Å². The molecule has 8 nitrogen and oxygen atoms in total. The van der Waals surface area contributed by atoms with Gasteiger partial charge in [-0.1, -0.05) is 40.8 Å². The number of fused-ring (bicyclic) bond motifs is 1. The molecule has 1 amide bonds. The molecule has 0 aliphatic rings. The molecule has 0 saturated carbocycles. The maximum absolute atomic E-state index is 12.4. The number of anilines is 1. The number of aromatic nitrogens is 4. The van der Waals surface area contributed by atoms with Crippen LogP contribution in [0.15, 0.2) is 41.6 Å². The van der Waals surface area contributed by atoms with Gasteiger partial charge >= 0.3 is 0 Å². The quantitative estimate of drug-likeness (QED) is 0.383. The van der Waals surface area contributed by atoms with Gasteiger partial charge in [0.25, 0.3) is 0 Å². The molecule has 2 aromatic carbocycles. The van der Waals surface area contributed by atoms with Crippen LogP contribution in [-0.2, 0) is 18.4 Å². The molecular formula is C22H23N5O3S2. The summed E-state index contributed by atoms with van der Waals surface area (Å²) in [6.07, 6.45) is 0. The number of rotatable bonds is 8. The van der Waals surface area contributed by atoms with Gasteiger partial charge in [0.15, 0.2) is 16.1 Å². The van der Waals surface area contributed by atoms with E-state index in [1.54, 1.807) is 7.11 Å². The van der Waals surface area contributed by atoms with Crippen LogP contribution in [0.4, 0.5) is 5.13 Å². The highest BCUT2D eigenvalue weighted by molar-refractivity contribution is 7.99. The first-order chi connectivity index (χ1) is 15.4. The van der Waals surface area contributed by atoms with E-state index in [0.29, 0.717) is 22.7 Å². The molecule has 2 aromatic heterocycles. The minimum atomic E-state index is -0.155. The van der Waals surface area contributed by atoms with Crippen molar-refractivity contribution in [3.63, 3.8) is 0 Å². The van der Waals surface area contributed by atoms with Crippen LogP contribution in [0, 0.1) is 13.8 Å². The zero-order valence-corrected chi connectivity index (χ0v) is 19.8. The molecule has 1 N–H and O–H groups in total. The lowest BCUT2D eigenvalue weighted by Gasteiger charge is -2.09. The van der Waals surface area contributed by atoms with Gasteiger partial charge in [-0.2, -0.15) is 0 Å². The Hall–Kier alpha value is -3.11. The van der Waals surface area contributed by atoms with Crippen LogP contribution in [0.25, 0.3) is 10.2 Å². The molecule has 0 spiro atoms. The molecule has 0 unspecified atom stereocenters. The van der Waals surface area contributed by atoms with Crippen molar-refractivity contribution in [2.75, 3.05) is 18.2 Å². The van der Waals surface area contributed by atoms with Crippen molar-refractivity contribution < 1.29 is 14.3 Å². The number of methoxy groups -OCH3 is 1. The predicted octanol–water partition coefficient (Wildman–Crippen LogP) is 4.36. The van der Waals surface area contributed by atoms with Crippen molar-refractivity contribution >= 4 is 44.4 Å². The van der Waals surface area contributed by atoms with Gasteiger partial charge < -0.3 is 19.4 Å². The van der Waals surface area contributed by atoms with Gasteiger partial charge in [0.05, 0.1) is 23.1 Å². The van der Waals surface area contributed by atoms with E-state index in [0.717, 1.165) is 27.3 Å². The molecule has 166 valence electrons. The highest BCUT2D eigenvalue weighted by atomic mass is 32.2. The molecule has 0 saturated heterocycles. The fraction of sp³-hybridized carbons (Fsp3) is 0.273. The van der Waals surface area contributed by atoms with E-state index in [2.05, 4.69) is 26.6 Å². The van der Waals surface area contributed by atoms with E-state index in [1.165, 1.54) is 28.7 Å². The number of ether oxygens (including phenoxy) is 2. The van der Waals surface area contributed by atoms with Crippen molar-refractivity contribution in [3.8, 4) is 11.5 Å². The Morgan fingerprint density at radius 2 is 2.03 bits per heavy atom. The Bertz CT molecular complexity index is 1270. The number of benzene rings is 2. The number of amides is 1. The third-order valence-corrected chi connectivity index (χ3v) is 6.74. The second-order valence-corrected chi connectivity index (χ2v) is 9.18. The molecule has 0 bridgehead atoms. The molecule has 0 fully saturated rings. The third kappa shape index (κ3) is 5.03. The summed E-state index contributed by atoms with van der Waals surface area (Å²) in [7, 11) is 3.48. The summed E-state index contributed by atoms with van der Waals surface area (Å²) in [6, 6.07) is 11.7. The fourth-order valence-electron chi connectivity index (χ4n) is 3.07. The van der Waals surface area contributed by atoms with E-state index >= 15 is 0 Å². The number of hydrogen-bond donors (Lipinski definition) is 1. The molecule has 2 heterocycles. The first kappa shape index (κ1) is 22.1. The summed E-state index contributed by atoms with van der Waals surface area (Å²) in [6.45, 7) is 4.36. The van der Waals surface area contributed by atoms with Crippen LogP contribution in [0.3, 0.4) is 0 Å². The molecule has 0 aliphatic carbocycles. The Kier molecular flexibility index (Phi) is 6.61. The second-order valence-electron chi connectivity index (χ2n) is 7.20. The van der Waals surface area contributed by atoms with E-state index < -0.39 is 0 Å². The van der Waals surface area contributed by atoms with Gasteiger partial charge in [-0.05, 0) is 43.7 Å². The summed E-state index contributed by atoms with van der Waals surface area (Å²) >= 11 is 2.72. The Morgan fingerprint density at radius 3 is 2.81 bits per heavy atom. The van der Waals surface area contributed by atoms with Gasteiger partial charge in [0, 0.05) is 7.05 Å². The average Bonchev–Trinajstić information content (AvgIpc) is 3.33. The molecule has 10 heteroatoms. The normalized spacial score (nSPS) is 11.0. The standard InChI is InChI=1S/C22H23N5O3S2/c1-13-5-8-17(14(2)9-13)30-11-19-25-26-22(27(19)3)31-12-20(28)24-21-23-16-7-6-15(29-4)10-18(16)32-21/h5-10H,11-12H2,1-4H3,(H,23,24,28). The van der Waals surface area contributed by atoms with Crippen LogP contribution >= 0.6 is 23.1 Å². The fourth-order valence-corrected chi connectivity index (χ4v) is 4.71. The van der Waals surface area contributed by atoms with E-state index in [-0.39, 0.29) is 11.7 Å². The Morgan fingerprint density at radius 1 is 1.19 bits per heavy atom. The zero-order chi connectivity index (χ0) is 22.7. The highest BCUT2D eigenvalue weighted by Gasteiger charge is 2.14. The van der Waals surface area contributed by atoms with Crippen molar-refractivity contribution in [1.29, 1.82) is 0 Å². The van der Waals surface area contributed by atoms with Gasteiger partial charge in [-0.3, -0.25) is 4.79 Å². The van der Waals surface area contributed by atoms with Gasteiger partial charge in [0.2, 0.25) is 5.91 Å². The van der Waals surface area contributed by atoms with Crippen LogP contribution in [-0.4, -0.2) is 38.5 Å². The summed E-state index contributed by atoms with van der Waals surface area (Å²) in [5, 5.41) is 12.4. The number of nitrogens with one attached hydrogen (secondary N) is 1. The summed E-state index contributed by atoms with van der Waals surface area (Å²) in [4.78, 5) is 16.8.